The molecule has 0 bridgehead atoms. The highest BCUT2D eigenvalue weighted by Crippen LogP contribution is 2.30. The first-order chi connectivity index (χ1) is 12.2. The van der Waals surface area contributed by atoms with E-state index in [9.17, 15) is 5.11 Å². The number of aryl methyl sites for hydroxylation is 1. The van der Waals surface area contributed by atoms with Gasteiger partial charge in [0.1, 0.15) is 11.9 Å². The van der Waals surface area contributed by atoms with Crippen molar-refractivity contribution >= 4 is 0 Å². The molecule has 3 nitrogen and oxygen atoms in total. The Morgan fingerprint density at radius 1 is 0.960 bits per heavy atom. The first kappa shape index (κ1) is 17.2. The molecule has 0 aliphatic rings. The smallest absolute Gasteiger partial charge is 0.127 e. The molecule has 3 aromatic rings. The lowest BCUT2D eigenvalue weighted by molar-refractivity contribution is 0.0423. The molecule has 0 amide bonds. The Morgan fingerprint density at radius 2 is 1.72 bits per heavy atom. The molecule has 1 aromatic heterocycles. The van der Waals surface area contributed by atoms with Crippen LogP contribution in [0.4, 0.5) is 0 Å². The fourth-order valence-electron chi connectivity index (χ4n) is 2.80. The number of aromatic nitrogens is 1. The second kappa shape index (κ2) is 8.45. The second-order valence-electron chi connectivity index (χ2n) is 6.15. The molecule has 0 unspecified atom stereocenters. The lowest BCUT2D eigenvalue weighted by Crippen LogP contribution is -2.29. The minimum absolute atomic E-state index is 0.290. The van der Waals surface area contributed by atoms with E-state index < -0.39 is 6.10 Å². The van der Waals surface area contributed by atoms with Crippen LogP contribution in [0, 0.1) is 0 Å². The Balaban J connectivity index is 1.66. The Kier molecular flexibility index (Phi) is 5.81. The van der Waals surface area contributed by atoms with Crippen molar-refractivity contribution in [3.05, 3.63) is 84.7 Å². The van der Waals surface area contributed by atoms with Gasteiger partial charge in [-0.05, 0) is 43.0 Å². The summed E-state index contributed by atoms with van der Waals surface area (Å²) < 4.78 is 6.08. The van der Waals surface area contributed by atoms with Gasteiger partial charge in [-0.2, -0.15) is 0 Å². The van der Waals surface area contributed by atoms with E-state index in [1.165, 1.54) is 0 Å². The highest BCUT2D eigenvalue weighted by atomic mass is 16.5. The number of hydrogen-bond acceptors (Lipinski definition) is 3. The Bertz CT molecular complexity index is 774. The number of hydrogen-bond donors (Lipinski definition) is 1. The summed E-state index contributed by atoms with van der Waals surface area (Å²) in [6.45, 7) is 1.91. The van der Waals surface area contributed by atoms with Crippen LogP contribution in [0.2, 0.25) is 0 Å². The van der Waals surface area contributed by atoms with Gasteiger partial charge in [-0.3, -0.25) is 4.98 Å². The van der Waals surface area contributed by atoms with Gasteiger partial charge in [0.2, 0.25) is 0 Å². The van der Waals surface area contributed by atoms with Crippen LogP contribution in [0.25, 0.3) is 11.1 Å². The van der Waals surface area contributed by atoms with E-state index in [-0.39, 0.29) is 6.10 Å². The lowest BCUT2D eigenvalue weighted by Gasteiger charge is -2.22. The summed E-state index contributed by atoms with van der Waals surface area (Å²) in [5, 5.41) is 10.5. The van der Waals surface area contributed by atoms with Crippen molar-refractivity contribution in [1.82, 2.24) is 4.98 Å². The molecular formula is C22H23NO2. The van der Waals surface area contributed by atoms with Gasteiger partial charge in [-0.15, -0.1) is 0 Å². The molecule has 128 valence electrons. The molecule has 1 N–H and O–H groups in total. The van der Waals surface area contributed by atoms with E-state index in [2.05, 4.69) is 17.1 Å². The molecule has 0 radical (unpaired) electrons. The second-order valence-corrected chi connectivity index (χ2v) is 6.15. The van der Waals surface area contributed by atoms with E-state index in [1.807, 2.05) is 67.7 Å². The van der Waals surface area contributed by atoms with E-state index in [1.54, 1.807) is 6.20 Å². The van der Waals surface area contributed by atoms with Crippen LogP contribution in [-0.4, -0.2) is 22.3 Å². The third-order valence-electron chi connectivity index (χ3n) is 4.28. The topological polar surface area (TPSA) is 42.4 Å². The van der Waals surface area contributed by atoms with Gasteiger partial charge in [0.15, 0.2) is 0 Å². The van der Waals surface area contributed by atoms with Gasteiger partial charge in [0.25, 0.3) is 0 Å². The molecule has 2 atom stereocenters. The van der Waals surface area contributed by atoms with Crippen molar-refractivity contribution in [3.8, 4) is 16.9 Å². The van der Waals surface area contributed by atoms with E-state index >= 15 is 0 Å². The lowest BCUT2D eigenvalue weighted by atomic mass is 10.0. The van der Waals surface area contributed by atoms with Crippen LogP contribution in [0.1, 0.15) is 18.9 Å². The highest BCUT2D eigenvalue weighted by molar-refractivity contribution is 5.70. The van der Waals surface area contributed by atoms with Crippen LogP contribution >= 0.6 is 0 Å². The summed E-state index contributed by atoms with van der Waals surface area (Å²) >= 11 is 0. The summed E-state index contributed by atoms with van der Waals surface area (Å²) in [5.74, 6) is 0.793. The number of pyridine rings is 1. The minimum Gasteiger partial charge on any atom is -0.487 e. The zero-order chi connectivity index (χ0) is 17.5. The minimum atomic E-state index is -0.538. The standard InChI is InChI=1S/C22H23NO2/c1-17(21(24)14-13-18-8-7-15-23-16-18)25-22-12-6-5-11-20(22)19-9-3-2-4-10-19/h2-12,15-17,21,24H,13-14H2,1H3/t17-,21+/m1/s1. The number of para-hydroxylation sites is 1. The molecule has 0 saturated carbocycles. The van der Waals surface area contributed by atoms with E-state index in [4.69, 9.17) is 4.74 Å². The maximum absolute atomic E-state index is 10.5. The predicted octanol–water partition coefficient (Wildman–Crippen LogP) is 4.51. The SMILES string of the molecule is C[C@@H](Oc1ccccc1-c1ccccc1)[C@@H](O)CCc1cccnc1. The maximum atomic E-state index is 10.5. The highest BCUT2D eigenvalue weighted by Gasteiger charge is 2.17. The number of benzene rings is 2. The largest absolute Gasteiger partial charge is 0.487 e. The van der Waals surface area contributed by atoms with Gasteiger partial charge in [0, 0.05) is 18.0 Å². The van der Waals surface area contributed by atoms with E-state index in [0.717, 1.165) is 28.9 Å². The molecule has 25 heavy (non-hydrogen) atoms. The normalized spacial score (nSPS) is 13.2. The molecule has 2 aromatic carbocycles. The third kappa shape index (κ3) is 4.68. The number of rotatable bonds is 7. The van der Waals surface area contributed by atoms with Crippen LogP contribution < -0.4 is 4.74 Å². The molecule has 0 fully saturated rings. The molecule has 1 heterocycles. The van der Waals surface area contributed by atoms with E-state index in [0.29, 0.717) is 6.42 Å². The van der Waals surface area contributed by atoms with Crippen molar-refractivity contribution < 1.29 is 9.84 Å². The van der Waals surface area contributed by atoms with Crippen molar-refractivity contribution in [2.75, 3.05) is 0 Å². The van der Waals surface area contributed by atoms with Gasteiger partial charge in [0.05, 0.1) is 6.10 Å². The fourth-order valence-corrected chi connectivity index (χ4v) is 2.80. The first-order valence-corrected chi connectivity index (χ1v) is 8.62. The quantitative estimate of drug-likeness (QED) is 0.692. The van der Waals surface area contributed by atoms with Crippen LogP contribution in [-0.2, 0) is 6.42 Å². The van der Waals surface area contributed by atoms with Crippen molar-refractivity contribution in [2.24, 2.45) is 0 Å². The monoisotopic (exact) mass is 333 g/mol. The van der Waals surface area contributed by atoms with Gasteiger partial charge < -0.3 is 9.84 Å². The summed E-state index contributed by atoms with van der Waals surface area (Å²) in [7, 11) is 0. The summed E-state index contributed by atoms with van der Waals surface area (Å²) in [6, 6.07) is 22.0. The van der Waals surface area contributed by atoms with Crippen LogP contribution in [0.15, 0.2) is 79.1 Å². The van der Waals surface area contributed by atoms with Crippen LogP contribution in [0.5, 0.6) is 5.75 Å². The third-order valence-corrected chi connectivity index (χ3v) is 4.28. The average molecular weight is 333 g/mol. The Labute approximate surface area is 148 Å². The summed E-state index contributed by atoms with van der Waals surface area (Å²) in [5.41, 5.74) is 3.27. The van der Waals surface area contributed by atoms with Crippen molar-refractivity contribution in [3.63, 3.8) is 0 Å². The Hall–Kier alpha value is -2.65. The Morgan fingerprint density at radius 3 is 2.48 bits per heavy atom. The maximum Gasteiger partial charge on any atom is 0.127 e. The molecule has 0 saturated heterocycles. The van der Waals surface area contributed by atoms with Gasteiger partial charge in [-0.1, -0.05) is 54.6 Å². The van der Waals surface area contributed by atoms with Gasteiger partial charge in [-0.25, -0.2) is 0 Å². The predicted molar refractivity (Wildman–Crippen MR) is 101 cm³/mol. The molecule has 3 heteroatoms. The molecule has 0 spiro atoms. The molecule has 0 aliphatic heterocycles. The van der Waals surface area contributed by atoms with Crippen molar-refractivity contribution in [2.45, 2.75) is 32.0 Å². The number of nitrogens with zero attached hydrogens (tertiary/aromatic N) is 1. The fraction of sp³-hybridized carbons (Fsp3) is 0.227. The van der Waals surface area contributed by atoms with Crippen LogP contribution in [0.3, 0.4) is 0 Å². The average Bonchev–Trinajstić information content (AvgIpc) is 2.68. The zero-order valence-electron chi connectivity index (χ0n) is 14.4. The summed E-state index contributed by atoms with van der Waals surface area (Å²) in [4.78, 5) is 4.11. The summed E-state index contributed by atoms with van der Waals surface area (Å²) in [6.07, 6.45) is 4.18. The number of aliphatic hydroxyl groups is 1. The van der Waals surface area contributed by atoms with Crippen molar-refractivity contribution in [1.29, 1.82) is 0 Å². The molecule has 3 rings (SSSR count). The molecule has 0 aliphatic carbocycles. The molecular weight excluding hydrogens is 310 g/mol. The van der Waals surface area contributed by atoms with Gasteiger partial charge >= 0.3 is 0 Å². The number of aliphatic hydroxyl groups excluding tert-OH is 1. The number of ether oxygens (including phenoxy) is 1. The first-order valence-electron chi connectivity index (χ1n) is 8.62. The zero-order valence-corrected chi connectivity index (χ0v) is 14.4.